The van der Waals surface area contributed by atoms with E-state index < -0.39 is 16.1 Å². The molecule has 0 aliphatic heterocycles. The van der Waals surface area contributed by atoms with Crippen LogP contribution in [-0.4, -0.2) is 50.0 Å². The van der Waals surface area contributed by atoms with Gasteiger partial charge in [-0.1, -0.05) is 85.5 Å². The van der Waals surface area contributed by atoms with Crippen LogP contribution < -0.4 is 9.62 Å². The van der Waals surface area contributed by atoms with Crippen LogP contribution in [0.4, 0.5) is 5.69 Å². The lowest BCUT2D eigenvalue weighted by Gasteiger charge is -2.34. The van der Waals surface area contributed by atoms with Gasteiger partial charge >= 0.3 is 0 Å². The lowest BCUT2D eigenvalue weighted by molar-refractivity contribution is -0.141. The molecule has 4 rings (SSSR count). The summed E-state index contributed by atoms with van der Waals surface area (Å²) in [5.41, 5.74) is 3.47. The van der Waals surface area contributed by atoms with Crippen molar-refractivity contribution in [2.45, 2.75) is 76.9 Å². The minimum atomic E-state index is -3.59. The summed E-state index contributed by atoms with van der Waals surface area (Å²) < 4.78 is 26.6. The first-order chi connectivity index (χ1) is 20.6. The number of halogens is 1. The van der Waals surface area contributed by atoms with E-state index in [2.05, 4.69) is 5.32 Å². The molecule has 9 heteroatoms. The summed E-state index contributed by atoms with van der Waals surface area (Å²) in [4.78, 5) is 29.7. The molecule has 230 valence electrons. The van der Waals surface area contributed by atoms with E-state index in [9.17, 15) is 18.0 Å². The van der Waals surface area contributed by atoms with Crippen LogP contribution in [0.2, 0.25) is 5.02 Å². The lowest BCUT2D eigenvalue weighted by Crippen LogP contribution is -2.53. The van der Waals surface area contributed by atoms with Crippen molar-refractivity contribution in [2.24, 2.45) is 0 Å². The standard InChI is InChI=1S/C34H42ClN3O4S/c1-26-12-9-10-15-28(26)25-37(33(39)18-11-23-38(43(2,41)42)31-21-19-29(35)20-22-31)32(24-27-13-5-3-6-14-27)34(40)36-30-16-7-4-8-17-30/h3,5-6,9-10,12-15,19-22,30,32H,4,7-8,11,16-18,23-25H2,1-2H3,(H,36,40)/t32-/m0/s1. The Labute approximate surface area is 261 Å². The van der Waals surface area contributed by atoms with Crippen molar-refractivity contribution in [2.75, 3.05) is 17.1 Å². The van der Waals surface area contributed by atoms with Crippen molar-refractivity contribution in [3.63, 3.8) is 0 Å². The van der Waals surface area contributed by atoms with Crippen LogP contribution in [0.1, 0.15) is 61.6 Å². The molecule has 0 saturated heterocycles. The van der Waals surface area contributed by atoms with E-state index in [1.54, 1.807) is 29.2 Å². The number of anilines is 1. The molecule has 0 aromatic heterocycles. The smallest absolute Gasteiger partial charge is 0.243 e. The van der Waals surface area contributed by atoms with Crippen LogP contribution in [0.15, 0.2) is 78.9 Å². The molecule has 0 heterocycles. The van der Waals surface area contributed by atoms with Gasteiger partial charge in [0.15, 0.2) is 0 Å². The molecule has 3 aromatic rings. The highest BCUT2D eigenvalue weighted by atomic mass is 35.5. The summed E-state index contributed by atoms with van der Waals surface area (Å²) in [7, 11) is -3.59. The van der Waals surface area contributed by atoms with Crippen molar-refractivity contribution in [1.82, 2.24) is 10.2 Å². The van der Waals surface area contributed by atoms with Crippen LogP contribution in [0.25, 0.3) is 0 Å². The van der Waals surface area contributed by atoms with Crippen LogP contribution in [-0.2, 0) is 32.6 Å². The van der Waals surface area contributed by atoms with Gasteiger partial charge in [0.2, 0.25) is 21.8 Å². The monoisotopic (exact) mass is 623 g/mol. The number of benzene rings is 3. The molecule has 43 heavy (non-hydrogen) atoms. The number of hydrogen-bond donors (Lipinski definition) is 1. The van der Waals surface area contributed by atoms with E-state index in [4.69, 9.17) is 11.6 Å². The zero-order valence-corrected chi connectivity index (χ0v) is 26.6. The third-order valence-corrected chi connectivity index (χ3v) is 9.54. The number of nitrogens with zero attached hydrogens (tertiary/aromatic N) is 2. The van der Waals surface area contributed by atoms with Gasteiger partial charge in [0.05, 0.1) is 11.9 Å². The van der Waals surface area contributed by atoms with Crippen LogP contribution in [0, 0.1) is 6.92 Å². The molecule has 1 saturated carbocycles. The first-order valence-corrected chi connectivity index (χ1v) is 17.3. The third kappa shape index (κ3) is 9.57. The van der Waals surface area contributed by atoms with Gasteiger partial charge in [0.25, 0.3) is 0 Å². The summed E-state index contributed by atoms with van der Waals surface area (Å²) in [6, 6.07) is 23.7. The summed E-state index contributed by atoms with van der Waals surface area (Å²) >= 11 is 6.01. The number of amides is 2. The minimum absolute atomic E-state index is 0.0908. The van der Waals surface area contributed by atoms with E-state index in [1.807, 2.05) is 61.5 Å². The number of hydrogen-bond acceptors (Lipinski definition) is 4. The first kappa shape index (κ1) is 32.6. The average Bonchev–Trinajstić information content (AvgIpc) is 2.99. The Hall–Kier alpha value is -3.36. The Balaban J connectivity index is 1.59. The number of carbonyl (C=O) groups is 2. The van der Waals surface area contributed by atoms with Crippen molar-refractivity contribution in [1.29, 1.82) is 0 Å². The molecule has 0 unspecified atom stereocenters. The van der Waals surface area contributed by atoms with Crippen molar-refractivity contribution >= 4 is 39.1 Å². The quantitative estimate of drug-likeness (QED) is 0.243. The maximum atomic E-state index is 14.1. The number of nitrogens with one attached hydrogen (secondary N) is 1. The summed E-state index contributed by atoms with van der Waals surface area (Å²) in [5, 5.41) is 3.77. The second-order valence-corrected chi connectivity index (χ2v) is 13.8. The Kier molecular flexibility index (Phi) is 11.7. The Morgan fingerprint density at radius 2 is 1.58 bits per heavy atom. The summed E-state index contributed by atoms with van der Waals surface area (Å²) in [6.07, 6.45) is 7.17. The van der Waals surface area contributed by atoms with Gasteiger partial charge in [-0.05, 0) is 67.1 Å². The molecule has 1 aliphatic carbocycles. The minimum Gasteiger partial charge on any atom is -0.352 e. The first-order valence-electron chi connectivity index (χ1n) is 15.0. The molecule has 1 aliphatic rings. The Morgan fingerprint density at radius 1 is 0.930 bits per heavy atom. The van der Waals surface area contributed by atoms with Gasteiger partial charge < -0.3 is 10.2 Å². The highest BCUT2D eigenvalue weighted by Gasteiger charge is 2.32. The number of aryl methyl sites for hydroxylation is 1. The zero-order chi connectivity index (χ0) is 30.8. The van der Waals surface area contributed by atoms with Gasteiger partial charge in [-0.15, -0.1) is 0 Å². The molecule has 1 N–H and O–H groups in total. The molecule has 0 bridgehead atoms. The van der Waals surface area contributed by atoms with Gasteiger partial charge in [0.1, 0.15) is 6.04 Å². The van der Waals surface area contributed by atoms with E-state index in [0.717, 1.165) is 48.6 Å². The second kappa shape index (κ2) is 15.4. The predicted molar refractivity (Wildman–Crippen MR) is 174 cm³/mol. The molecule has 1 fully saturated rings. The number of carbonyl (C=O) groups excluding carboxylic acids is 2. The third-order valence-electron chi connectivity index (χ3n) is 8.09. The highest BCUT2D eigenvalue weighted by Crippen LogP contribution is 2.23. The molecule has 3 aromatic carbocycles. The Bertz CT molecular complexity index is 1460. The van der Waals surface area contributed by atoms with Crippen LogP contribution in [0.3, 0.4) is 0 Å². The van der Waals surface area contributed by atoms with Gasteiger partial charge in [0, 0.05) is 37.0 Å². The fraction of sp³-hybridized carbons (Fsp3) is 0.412. The molecule has 0 radical (unpaired) electrons. The van der Waals surface area contributed by atoms with Crippen LogP contribution >= 0.6 is 11.6 Å². The fourth-order valence-corrected chi connectivity index (χ4v) is 6.77. The van der Waals surface area contributed by atoms with Crippen molar-refractivity contribution < 1.29 is 18.0 Å². The maximum absolute atomic E-state index is 14.1. The van der Waals surface area contributed by atoms with Crippen LogP contribution in [0.5, 0.6) is 0 Å². The second-order valence-electron chi connectivity index (χ2n) is 11.4. The van der Waals surface area contributed by atoms with Gasteiger partial charge in [-0.3, -0.25) is 13.9 Å². The number of sulfonamides is 1. The molecule has 7 nitrogen and oxygen atoms in total. The van der Waals surface area contributed by atoms with E-state index in [-0.39, 0.29) is 37.4 Å². The molecule has 2 amide bonds. The molecule has 0 spiro atoms. The lowest BCUT2D eigenvalue weighted by atomic mass is 9.94. The SMILES string of the molecule is Cc1ccccc1CN(C(=O)CCCN(c1ccc(Cl)cc1)S(C)(=O)=O)[C@@H](Cc1ccccc1)C(=O)NC1CCCCC1. The molecular formula is C34H42ClN3O4S. The normalized spacial score (nSPS) is 14.6. The largest absolute Gasteiger partial charge is 0.352 e. The predicted octanol–water partition coefficient (Wildman–Crippen LogP) is 6.28. The van der Waals surface area contributed by atoms with E-state index >= 15 is 0 Å². The fourth-order valence-electron chi connectivity index (χ4n) is 5.68. The highest BCUT2D eigenvalue weighted by molar-refractivity contribution is 7.92. The summed E-state index contributed by atoms with van der Waals surface area (Å²) in [5.74, 6) is -0.329. The van der Waals surface area contributed by atoms with E-state index in [1.165, 1.54) is 10.7 Å². The topological polar surface area (TPSA) is 86.8 Å². The van der Waals surface area contributed by atoms with Crippen molar-refractivity contribution in [3.05, 3.63) is 101 Å². The average molecular weight is 624 g/mol. The van der Waals surface area contributed by atoms with Gasteiger partial charge in [-0.25, -0.2) is 8.42 Å². The maximum Gasteiger partial charge on any atom is 0.243 e. The summed E-state index contributed by atoms with van der Waals surface area (Å²) in [6.45, 7) is 2.42. The molecule has 1 atom stereocenters. The zero-order valence-electron chi connectivity index (χ0n) is 25.0. The number of rotatable bonds is 13. The van der Waals surface area contributed by atoms with E-state index in [0.29, 0.717) is 23.6 Å². The van der Waals surface area contributed by atoms with Gasteiger partial charge in [-0.2, -0.15) is 0 Å². The van der Waals surface area contributed by atoms with Crippen molar-refractivity contribution in [3.8, 4) is 0 Å². The molecular weight excluding hydrogens is 582 g/mol. The Morgan fingerprint density at radius 3 is 2.23 bits per heavy atom.